The summed E-state index contributed by atoms with van der Waals surface area (Å²) < 4.78 is 11.1. The van der Waals surface area contributed by atoms with Gasteiger partial charge in [-0.2, -0.15) is 0 Å². The summed E-state index contributed by atoms with van der Waals surface area (Å²) in [5.41, 5.74) is 1.42. The second-order valence-electron chi connectivity index (χ2n) is 6.54. The highest BCUT2D eigenvalue weighted by Gasteiger charge is 2.16. The molecule has 2 N–H and O–H groups in total. The number of nitro benzene ring substituents is 1. The summed E-state index contributed by atoms with van der Waals surface area (Å²) in [5.74, 6) is 0.720. The lowest BCUT2D eigenvalue weighted by Gasteiger charge is -2.07. The number of nitrogens with one attached hydrogen (secondary N) is 1. The van der Waals surface area contributed by atoms with Crippen molar-refractivity contribution in [2.75, 3.05) is 5.32 Å². The van der Waals surface area contributed by atoms with Crippen LogP contribution in [0.2, 0.25) is 5.02 Å². The quantitative estimate of drug-likeness (QED) is 0.302. The Morgan fingerprint density at radius 1 is 1.03 bits per heavy atom. The normalized spacial score (nSPS) is 10.8. The first-order valence-corrected chi connectivity index (χ1v) is 9.48. The van der Waals surface area contributed by atoms with Crippen molar-refractivity contribution in [3.05, 3.63) is 93.4 Å². The van der Waals surface area contributed by atoms with Gasteiger partial charge in [0.05, 0.1) is 9.95 Å². The zero-order valence-electron chi connectivity index (χ0n) is 15.9. The van der Waals surface area contributed by atoms with Crippen LogP contribution in [0.5, 0.6) is 0 Å². The van der Waals surface area contributed by atoms with Gasteiger partial charge in [0.15, 0.2) is 5.76 Å². The van der Waals surface area contributed by atoms with Crippen molar-refractivity contribution in [2.24, 2.45) is 0 Å². The van der Waals surface area contributed by atoms with Gasteiger partial charge in [-0.25, -0.2) is 0 Å². The van der Waals surface area contributed by atoms with Crippen LogP contribution in [-0.4, -0.2) is 15.9 Å². The number of nitro groups is 1. The van der Waals surface area contributed by atoms with Gasteiger partial charge in [0, 0.05) is 28.9 Å². The van der Waals surface area contributed by atoms with Crippen LogP contribution in [-0.2, 0) is 6.61 Å². The summed E-state index contributed by atoms with van der Waals surface area (Å²) in [7, 11) is 0. The topological polar surface area (TPSA) is 119 Å². The maximum atomic E-state index is 12.6. The summed E-state index contributed by atoms with van der Waals surface area (Å²) in [5, 5.41) is 23.3. The van der Waals surface area contributed by atoms with Crippen LogP contribution in [0.15, 0.2) is 75.6 Å². The molecule has 0 fully saturated rings. The molecule has 0 aliphatic carbocycles. The molecule has 156 valence electrons. The first kappa shape index (κ1) is 20.4. The molecule has 0 atom stereocenters. The van der Waals surface area contributed by atoms with Crippen molar-refractivity contribution < 1.29 is 23.7 Å². The average molecular weight is 439 g/mol. The van der Waals surface area contributed by atoms with Gasteiger partial charge in [0.2, 0.25) is 0 Å². The Morgan fingerprint density at radius 2 is 1.84 bits per heavy atom. The molecule has 31 heavy (non-hydrogen) atoms. The minimum absolute atomic E-state index is 0.0403. The Morgan fingerprint density at radius 3 is 2.58 bits per heavy atom. The van der Waals surface area contributed by atoms with E-state index in [2.05, 4.69) is 5.32 Å². The molecule has 0 saturated heterocycles. The number of anilines is 1. The number of rotatable bonds is 6. The van der Waals surface area contributed by atoms with Gasteiger partial charge >= 0.3 is 0 Å². The van der Waals surface area contributed by atoms with E-state index in [4.69, 9.17) is 25.5 Å². The smallest absolute Gasteiger partial charge is 0.291 e. The summed E-state index contributed by atoms with van der Waals surface area (Å²) in [4.78, 5) is 23.1. The zero-order chi connectivity index (χ0) is 22.0. The molecule has 2 aromatic heterocycles. The van der Waals surface area contributed by atoms with Crippen molar-refractivity contribution in [2.45, 2.75) is 6.61 Å². The fourth-order valence-corrected chi connectivity index (χ4v) is 3.19. The molecule has 8 nitrogen and oxygen atoms in total. The number of hydrogen-bond donors (Lipinski definition) is 2. The van der Waals surface area contributed by atoms with Crippen LogP contribution in [0.1, 0.15) is 16.3 Å². The SMILES string of the molecule is O=C(Nc1ccc(Cl)c(-c2ccc(CO)o2)c1)c1ccc(-c2cccc([N+](=O)[O-])c2)o1. The number of carbonyl (C=O) groups excluding carboxylic acids is 1. The number of benzene rings is 2. The number of amides is 1. The van der Waals surface area contributed by atoms with Crippen molar-refractivity contribution >= 4 is 28.9 Å². The monoisotopic (exact) mass is 438 g/mol. The third kappa shape index (κ3) is 4.35. The Bertz CT molecular complexity index is 1280. The van der Waals surface area contributed by atoms with Crippen LogP contribution in [0.4, 0.5) is 11.4 Å². The second kappa shape index (κ2) is 8.47. The molecule has 2 aromatic carbocycles. The highest BCUT2D eigenvalue weighted by atomic mass is 35.5. The lowest BCUT2D eigenvalue weighted by Crippen LogP contribution is -2.10. The van der Waals surface area contributed by atoms with E-state index in [0.29, 0.717) is 39.1 Å². The molecular weight excluding hydrogens is 424 g/mol. The van der Waals surface area contributed by atoms with Crippen LogP contribution in [0.3, 0.4) is 0 Å². The fraction of sp³-hybridized carbons (Fsp3) is 0.0455. The maximum absolute atomic E-state index is 12.6. The van der Waals surface area contributed by atoms with E-state index >= 15 is 0 Å². The Balaban J connectivity index is 1.55. The van der Waals surface area contributed by atoms with Crippen LogP contribution in [0.25, 0.3) is 22.6 Å². The summed E-state index contributed by atoms with van der Waals surface area (Å²) in [6, 6.07) is 17.2. The Hall–Kier alpha value is -3.88. The lowest BCUT2D eigenvalue weighted by molar-refractivity contribution is -0.384. The molecule has 0 aliphatic heterocycles. The minimum Gasteiger partial charge on any atom is -0.459 e. The van der Waals surface area contributed by atoms with E-state index in [1.165, 1.54) is 18.2 Å². The maximum Gasteiger partial charge on any atom is 0.291 e. The standard InChI is InChI=1S/C22H15ClN2O6/c23-18-6-4-14(11-17(18)20-7-5-16(12-26)30-20)24-22(27)21-9-8-19(31-21)13-2-1-3-15(10-13)25(28)29/h1-11,26H,12H2,(H,24,27). The van der Waals surface area contributed by atoms with Crippen molar-refractivity contribution in [3.8, 4) is 22.6 Å². The van der Waals surface area contributed by atoms with Crippen LogP contribution in [0, 0.1) is 10.1 Å². The van der Waals surface area contributed by atoms with E-state index in [9.17, 15) is 14.9 Å². The second-order valence-corrected chi connectivity index (χ2v) is 6.95. The van der Waals surface area contributed by atoms with Gasteiger partial charge in [0.1, 0.15) is 23.9 Å². The van der Waals surface area contributed by atoms with Crippen LogP contribution >= 0.6 is 11.6 Å². The first-order chi connectivity index (χ1) is 14.9. The van der Waals surface area contributed by atoms with Gasteiger partial charge in [-0.3, -0.25) is 14.9 Å². The van der Waals surface area contributed by atoms with Gasteiger partial charge in [-0.15, -0.1) is 0 Å². The molecule has 0 bridgehead atoms. The highest BCUT2D eigenvalue weighted by Crippen LogP contribution is 2.32. The molecule has 0 saturated carbocycles. The molecule has 0 aliphatic rings. The molecule has 2 heterocycles. The van der Waals surface area contributed by atoms with Crippen molar-refractivity contribution in [1.29, 1.82) is 0 Å². The first-order valence-electron chi connectivity index (χ1n) is 9.10. The average Bonchev–Trinajstić information content (AvgIpc) is 3.45. The molecule has 0 radical (unpaired) electrons. The van der Waals surface area contributed by atoms with E-state index in [-0.39, 0.29) is 18.1 Å². The zero-order valence-corrected chi connectivity index (χ0v) is 16.6. The van der Waals surface area contributed by atoms with Crippen LogP contribution < -0.4 is 5.32 Å². The van der Waals surface area contributed by atoms with Gasteiger partial charge < -0.3 is 19.3 Å². The number of hydrogen-bond acceptors (Lipinski definition) is 6. The Labute approximate surface area is 180 Å². The molecule has 4 aromatic rings. The molecule has 0 unspecified atom stereocenters. The summed E-state index contributed by atoms with van der Waals surface area (Å²) in [6.07, 6.45) is 0. The van der Waals surface area contributed by atoms with E-state index in [1.807, 2.05) is 0 Å². The van der Waals surface area contributed by atoms with Gasteiger partial charge in [-0.05, 0) is 42.5 Å². The van der Waals surface area contributed by atoms with Crippen molar-refractivity contribution in [1.82, 2.24) is 0 Å². The number of aliphatic hydroxyl groups is 1. The summed E-state index contributed by atoms with van der Waals surface area (Å²) in [6.45, 7) is -0.237. The van der Waals surface area contributed by atoms with Gasteiger partial charge in [-0.1, -0.05) is 23.7 Å². The van der Waals surface area contributed by atoms with Gasteiger partial charge in [0.25, 0.3) is 11.6 Å². The lowest BCUT2D eigenvalue weighted by atomic mass is 10.1. The van der Waals surface area contributed by atoms with E-state index < -0.39 is 10.8 Å². The fourth-order valence-electron chi connectivity index (χ4n) is 2.98. The predicted molar refractivity (Wildman–Crippen MR) is 114 cm³/mol. The highest BCUT2D eigenvalue weighted by molar-refractivity contribution is 6.33. The number of non-ortho nitro benzene ring substituents is 1. The van der Waals surface area contributed by atoms with E-state index in [1.54, 1.807) is 48.5 Å². The summed E-state index contributed by atoms with van der Waals surface area (Å²) >= 11 is 6.24. The minimum atomic E-state index is -0.500. The number of carbonyl (C=O) groups is 1. The largest absolute Gasteiger partial charge is 0.459 e. The molecule has 0 spiro atoms. The van der Waals surface area contributed by atoms with Crippen molar-refractivity contribution in [3.63, 3.8) is 0 Å². The number of nitrogens with zero attached hydrogens (tertiary/aromatic N) is 1. The molecule has 4 rings (SSSR count). The molecular formula is C22H15ClN2O6. The van der Waals surface area contributed by atoms with E-state index in [0.717, 1.165) is 0 Å². The third-order valence-electron chi connectivity index (χ3n) is 4.48. The Kier molecular flexibility index (Phi) is 5.57. The number of furan rings is 2. The number of aliphatic hydroxyl groups excluding tert-OH is 1. The third-order valence-corrected chi connectivity index (χ3v) is 4.81. The molecule has 9 heteroatoms. The molecule has 1 amide bonds. The number of halogens is 1. The predicted octanol–water partition coefficient (Wildman–Crippen LogP) is 5.51.